The average Bonchev–Trinajstić information content (AvgIpc) is 2.98. The number of hydrogen-bond donors (Lipinski definition) is 2. The molecule has 1 aromatic carbocycles. The van der Waals surface area contributed by atoms with Crippen LogP contribution in [0.25, 0.3) is 0 Å². The van der Waals surface area contributed by atoms with Gasteiger partial charge in [0.2, 0.25) is 5.78 Å². The highest BCUT2D eigenvalue weighted by molar-refractivity contribution is 6.31. The lowest BCUT2D eigenvalue weighted by Gasteiger charge is -2.08. The van der Waals surface area contributed by atoms with Crippen LogP contribution in [0.5, 0.6) is 0 Å². The highest BCUT2D eigenvalue weighted by Gasteiger charge is 2.30. The lowest BCUT2D eigenvalue weighted by molar-refractivity contribution is -0.137. The number of amides is 1. The Kier molecular flexibility index (Phi) is 6.98. The van der Waals surface area contributed by atoms with E-state index in [9.17, 15) is 27.6 Å². The van der Waals surface area contributed by atoms with E-state index in [1.165, 1.54) is 13.2 Å². The zero-order chi connectivity index (χ0) is 22.5. The lowest BCUT2D eigenvalue weighted by atomic mass is 10.1. The fourth-order valence-corrected chi connectivity index (χ4v) is 2.64. The monoisotopic (exact) mass is 425 g/mol. The van der Waals surface area contributed by atoms with Gasteiger partial charge >= 0.3 is 12.1 Å². The second-order valence-electron chi connectivity index (χ2n) is 6.12. The molecule has 160 valence electrons. The fourth-order valence-electron chi connectivity index (χ4n) is 2.64. The van der Waals surface area contributed by atoms with E-state index in [0.717, 1.165) is 18.2 Å². The molecule has 30 heavy (non-hydrogen) atoms. The number of halogens is 3. The first-order valence-electron chi connectivity index (χ1n) is 8.48. The summed E-state index contributed by atoms with van der Waals surface area (Å²) in [5.74, 6) is -1.96. The van der Waals surface area contributed by atoms with E-state index in [-0.39, 0.29) is 16.9 Å². The maximum Gasteiger partial charge on any atom is 0.416 e. The van der Waals surface area contributed by atoms with E-state index >= 15 is 0 Å². The van der Waals surface area contributed by atoms with Crippen LogP contribution in [-0.4, -0.2) is 42.6 Å². The van der Waals surface area contributed by atoms with Crippen molar-refractivity contribution in [2.45, 2.75) is 20.0 Å². The zero-order valence-corrected chi connectivity index (χ0v) is 16.2. The molecule has 0 aliphatic carbocycles. The Labute approximate surface area is 169 Å². The highest BCUT2D eigenvalue weighted by atomic mass is 19.4. The molecule has 0 saturated heterocycles. The summed E-state index contributed by atoms with van der Waals surface area (Å²) in [7, 11) is 1.22. The number of benzene rings is 1. The summed E-state index contributed by atoms with van der Waals surface area (Å²) in [5.41, 5.74) is 0.222. The Morgan fingerprint density at radius 3 is 2.57 bits per heavy atom. The fraction of sp³-hybridized carbons (Fsp3) is 0.263. The second-order valence-corrected chi connectivity index (χ2v) is 6.12. The number of H-pyrrole nitrogens is 1. The molecule has 0 unspecified atom stereocenters. The van der Waals surface area contributed by atoms with E-state index in [1.54, 1.807) is 13.8 Å². The van der Waals surface area contributed by atoms with Gasteiger partial charge in [-0.25, -0.2) is 4.79 Å². The van der Waals surface area contributed by atoms with Crippen molar-refractivity contribution in [3.8, 4) is 0 Å². The van der Waals surface area contributed by atoms with Crippen LogP contribution in [0.1, 0.15) is 37.7 Å². The van der Waals surface area contributed by atoms with E-state index in [0.29, 0.717) is 17.5 Å². The number of anilines is 1. The standard InChI is InChI=1S/C19H18F3N3O5/c1-10-16(18(28)29-3)11(2)24-17(10)14(26)9-30-23-8-15(27)25-13-6-4-5-12(7-13)19(20,21)22/h4-8,24H,9H2,1-3H3,(H,25,27)/b23-8+. The van der Waals surface area contributed by atoms with Gasteiger partial charge in [-0.3, -0.25) is 9.59 Å². The number of aromatic amines is 1. The molecule has 11 heteroatoms. The molecule has 0 saturated carbocycles. The molecule has 0 atom stereocenters. The maximum atomic E-state index is 12.7. The topological polar surface area (TPSA) is 110 Å². The number of aryl methyl sites for hydroxylation is 1. The lowest BCUT2D eigenvalue weighted by Crippen LogP contribution is -2.15. The molecule has 0 spiro atoms. The van der Waals surface area contributed by atoms with Gasteiger partial charge in [0, 0.05) is 11.4 Å². The van der Waals surface area contributed by atoms with Gasteiger partial charge in [-0.1, -0.05) is 11.2 Å². The third-order valence-electron chi connectivity index (χ3n) is 4.00. The summed E-state index contributed by atoms with van der Waals surface area (Å²) in [6, 6.07) is 4.06. The van der Waals surface area contributed by atoms with E-state index < -0.39 is 36.0 Å². The van der Waals surface area contributed by atoms with Crippen LogP contribution in [0, 0.1) is 13.8 Å². The Bertz CT molecular complexity index is 996. The molecule has 1 heterocycles. The number of carbonyl (C=O) groups excluding carboxylic acids is 3. The molecule has 1 aromatic heterocycles. The van der Waals surface area contributed by atoms with Gasteiger partial charge in [0.15, 0.2) is 6.61 Å². The number of hydrogen-bond acceptors (Lipinski definition) is 6. The summed E-state index contributed by atoms with van der Waals surface area (Å²) in [5, 5.41) is 5.53. The molecule has 8 nitrogen and oxygen atoms in total. The second kappa shape index (κ2) is 9.25. The van der Waals surface area contributed by atoms with Gasteiger partial charge in [-0.05, 0) is 37.6 Å². The number of Topliss-reactive ketones (excluding diaryl/α,β-unsaturated/α-hetero) is 1. The Morgan fingerprint density at radius 1 is 1.23 bits per heavy atom. The number of ether oxygens (including phenoxy) is 1. The number of ketones is 1. The number of alkyl halides is 3. The van der Waals surface area contributed by atoms with Gasteiger partial charge < -0.3 is 19.9 Å². The summed E-state index contributed by atoms with van der Waals surface area (Å²) >= 11 is 0. The summed E-state index contributed by atoms with van der Waals surface area (Å²) < 4.78 is 42.7. The number of nitrogens with zero attached hydrogens (tertiary/aromatic N) is 1. The average molecular weight is 425 g/mol. The highest BCUT2D eigenvalue weighted by Crippen LogP contribution is 2.30. The number of carbonyl (C=O) groups is 3. The van der Waals surface area contributed by atoms with E-state index in [4.69, 9.17) is 4.84 Å². The minimum absolute atomic E-state index is 0.0785. The first kappa shape index (κ1) is 22.7. The van der Waals surface area contributed by atoms with Crippen LogP contribution in [0.3, 0.4) is 0 Å². The van der Waals surface area contributed by atoms with Crippen molar-refractivity contribution in [3.05, 3.63) is 52.3 Å². The van der Waals surface area contributed by atoms with Crippen LogP contribution in [0.2, 0.25) is 0 Å². The molecular weight excluding hydrogens is 407 g/mol. The Hall–Kier alpha value is -3.63. The number of methoxy groups -OCH3 is 1. The number of rotatable bonds is 7. The molecule has 0 radical (unpaired) electrons. The van der Waals surface area contributed by atoms with Crippen molar-refractivity contribution in [2.75, 3.05) is 19.0 Å². The molecule has 0 bridgehead atoms. The van der Waals surface area contributed by atoms with Crippen LogP contribution >= 0.6 is 0 Å². The zero-order valence-electron chi connectivity index (χ0n) is 16.2. The number of aromatic nitrogens is 1. The van der Waals surface area contributed by atoms with Gasteiger partial charge in [0.05, 0.1) is 23.9 Å². The largest absolute Gasteiger partial charge is 0.465 e. The third kappa shape index (κ3) is 5.46. The van der Waals surface area contributed by atoms with Crippen molar-refractivity contribution < 1.29 is 37.1 Å². The molecule has 0 aliphatic rings. The molecule has 2 N–H and O–H groups in total. The van der Waals surface area contributed by atoms with Gasteiger partial charge in [0.25, 0.3) is 5.91 Å². The molecule has 1 amide bonds. The number of esters is 1. The molecule has 2 aromatic rings. The van der Waals surface area contributed by atoms with Crippen LogP contribution in [-0.2, 0) is 20.5 Å². The Balaban J connectivity index is 1.93. The van der Waals surface area contributed by atoms with Crippen LogP contribution in [0.4, 0.5) is 18.9 Å². The van der Waals surface area contributed by atoms with Crippen molar-refractivity contribution in [2.24, 2.45) is 5.16 Å². The minimum Gasteiger partial charge on any atom is -0.465 e. The van der Waals surface area contributed by atoms with Crippen molar-refractivity contribution in [1.29, 1.82) is 0 Å². The summed E-state index contributed by atoms with van der Waals surface area (Å²) in [6.07, 6.45) is -3.86. The van der Waals surface area contributed by atoms with Gasteiger partial charge in [-0.2, -0.15) is 13.2 Å². The predicted molar refractivity (Wildman–Crippen MR) is 100 cm³/mol. The molecular formula is C19H18F3N3O5. The number of nitrogens with one attached hydrogen (secondary N) is 2. The van der Waals surface area contributed by atoms with Crippen molar-refractivity contribution in [3.63, 3.8) is 0 Å². The van der Waals surface area contributed by atoms with Gasteiger partial charge in [0.1, 0.15) is 6.21 Å². The predicted octanol–water partition coefficient (Wildman–Crippen LogP) is 3.26. The SMILES string of the molecule is COC(=O)c1c(C)[nH]c(C(=O)CO/N=C/C(=O)Nc2cccc(C(F)(F)F)c2)c1C. The van der Waals surface area contributed by atoms with Crippen LogP contribution in [0.15, 0.2) is 29.4 Å². The quantitative estimate of drug-likeness (QED) is 0.306. The third-order valence-corrected chi connectivity index (χ3v) is 4.00. The summed E-state index contributed by atoms with van der Waals surface area (Å²) in [6.45, 7) is 2.64. The molecule has 2 rings (SSSR count). The first-order chi connectivity index (χ1) is 14.0. The Morgan fingerprint density at radius 2 is 1.93 bits per heavy atom. The molecule has 0 fully saturated rings. The number of oxime groups is 1. The van der Waals surface area contributed by atoms with Crippen molar-refractivity contribution in [1.82, 2.24) is 4.98 Å². The normalized spacial score (nSPS) is 11.4. The van der Waals surface area contributed by atoms with Crippen LogP contribution < -0.4 is 5.32 Å². The summed E-state index contributed by atoms with van der Waals surface area (Å²) in [4.78, 5) is 43.2. The maximum absolute atomic E-state index is 12.7. The van der Waals surface area contributed by atoms with E-state index in [2.05, 4.69) is 20.2 Å². The van der Waals surface area contributed by atoms with Crippen molar-refractivity contribution >= 4 is 29.6 Å². The van der Waals surface area contributed by atoms with E-state index in [1.807, 2.05) is 0 Å². The molecule has 0 aliphatic heterocycles. The van der Waals surface area contributed by atoms with Gasteiger partial charge in [-0.15, -0.1) is 0 Å². The first-order valence-corrected chi connectivity index (χ1v) is 8.48. The minimum atomic E-state index is -4.54. The smallest absolute Gasteiger partial charge is 0.416 e.